The number of carbonyl (C=O) groups is 2. The lowest BCUT2D eigenvalue weighted by Crippen LogP contribution is -2.41. The molecule has 3 rings (SSSR count). The van der Waals surface area contributed by atoms with E-state index in [-0.39, 0.29) is 47.0 Å². The molecule has 1 fully saturated rings. The van der Waals surface area contributed by atoms with Gasteiger partial charge in [0.15, 0.2) is 23.9 Å². The van der Waals surface area contributed by atoms with Crippen LogP contribution in [0.3, 0.4) is 0 Å². The second-order valence-corrected chi connectivity index (χ2v) is 7.87. The molecule has 6 nitrogen and oxygen atoms in total. The molecule has 0 spiro atoms. The Labute approximate surface area is 163 Å². The zero-order valence-electron chi connectivity index (χ0n) is 16.6. The first kappa shape index (κ1) is 20.0. The van der Waals surface area contributed by atoms with E-state index < -0.39 is 11.4 Å². The third kappa shape index (κ3) is 4.22. The van der Waals surface area contributed by atoms with Gasteiger partial charge in [-0.05, 0) is 39.7 Å². The largest absolute Gasteiger partial charge is 0.492 e. The average Bonchev–Trinajstić information content (AvgIpc) is 2.99. The molecule has 150 valence electrons. The van der Waals surface area contributed by atoms with Gasteiger partial charge in [0.05, 0.1) is 12.7 Å². The van der Waals surface area contributed by atoms with Crippen LogP contribution in [0.15, 0.2) is 6.07 Å². The van der Waals surface area contributed by atoms with Gasteiger partial charge in [-0.1, -0.05) is 11.8 Å². The van der Waals surface area contributed by atoms with Gasteiger partial charge in [0.1, 0.15) is 11.2 Å². The van der Waals surface area contributed by atoms with Crippen LogP contribution in [0.25, 0.3) is 0 Å². The fourth-order valence-corrected chi connectivity index (χ4v) is 3.21. The molecule has 0 unspecified atom stereocenters. The number of carbonyl (C=O) groups excluding carboxylic acids is 2. The molecule has 0 atom stereocenters. The first-order chi connectivity index (χ1) is 13.2. The highest BCUT2D eigenvalue weighted by atomic mass is 19.1. The van der Waals surface area contributed by atoms with Crippen LogP contribution < -0.4 is 9.47 Å². The van der Waals surface area contributed by atoms with E-state index in [1.165, 1.54) is 7.11 Å². The number of piperidine rings is 1. The molecule has 0 aromatic heterocycles. The Kier molecular flexibility index (Phi) is 5.50. The van der Waals surface area contributed by atoms with Crippen LogP contribution in [0.5, 0.6) is 11.5 Å². The van der Waals surface area contributed by atoms with E-state index in [1.807, 2.05) is 20.8 Å². The molecule has 1 aromatic carbocycles. The van der Waals surface area contributed by atoms with Crippen LogP contribution in [-0.4, -0.2) is 49.2 Å². The van der Waals surface area contributed by atoms with E-state index in [1.54, 1.807) is 4.90 Å². The summed E-state index contributed by atoms with van der Waals surface area (Å²) in [5, 5.41) is 0. The summed E-state index contributed by atoms with van der Waals surface area (Å²) in [6.07, 6.45) is 1.05. The molecule has 28 heavy (non-hydrogen) atoms. The molecule has 7 heteroatoms. The number of benzene rings is 1. The summed E-state index contributed by atoms with van der Waals surface area (Å²) in [5.74, 6) is 5.47. The number of rotatable bonds is 1. The average molecular weight is 389 g/mol. The second kappa shape index (κ2) is 7.70. The number of halogens is 1. The minimum absolute atomic E-state index is 0.0212. The van der Waals surface area contributed by atoms with Gasteiger partial charge in [0.2, 0.25) is 5.78 Å². The SMILES string of the molecule is COc1c(F)cc2c(c1C#CC1CCN(C(=O)OC(C)(C)C)CC1)OCC2=O. The van der Waals surface area contributed by atoms with Crippen LogP contribution in [0, 0.1) is 23.6 Å². The Morgan fingerprint density at radius 2 is 2.00 bits per heavy atom. The zero-order valence-corrected chi connectivity index (χ0v) is 16.6. The first-order valence-electron chi connectivity index (χ1n) is 9.25. The van der Waals surface area contributed by atoms with Gasteiger partial charge >= 0.3 is 6.09 Å². The summed E-state index contributed by atoms with van der Waals surface area (Å²) in [7, 11) is 1.35. The molecule has 0 bridgehead atoms. The number of fused-ring (bicyclic) bond motifs is 1. The maximum Gasteiger partial charge on any atom is 0.410 e. The normalized spacial score (nSPS) is 16.8. The Balaban J connectivity index is 1.73. The summed E-state index contributed by atoms with van der Waals surface area (Å²) < 4.78 is 30.2. The van der Waals surface area contributed by atoms with Gasteiger partial charge in [-0.15, -0.1) is 0 Å². The molecule has 0 aliphatic carbocycles. The van der Waals surface area contributed by atoms with Crippen LogP contribution in [0.4, 0.5) is 9.18 Å². The predicted octanol–water partition coefficient (Wildman–Crippen LogP) is 3.41. The van der Waals surface area contributed by atoms with Gasteiger partial charge in [-0.2, -0.15) is 0 Å². The third-order valence-electron chi connectivity index (χ3n) is 4.59. The molecule has 2 heterocycles. The van der Waals surface area contributed by atoms with Gasteiger partial charge in [0, 0.05) is 19.0 Å². The maximum atomic E-state index is 14.3. The maximum absolute atomic E-state index is 14.3. The van der Waals surface area contributed by atoms with Gasteiger partial charge in [0.25, 0.3) is 0 Å². The Bertz CT molecular complexity index is 854. The van der Waals surface area contributed by atoms with E-state index in [9.17, 15) is 14.0 Å². The van der Waals surface area contributed by atoms with E-state index >= 15 is 0 Å². The fourth-order valence-electron chi connectivity index (χ4n) is 3.21. The summed E-state index contributed by atoms with van der Waals surface area (Å²) in [6, 6.07) is 1.13. The third-order valence-corrected chi connectivity index (χ3v) is 4.59. The van der Waals surface area contributed by atoms with E-state index in [2.05, 4.69) is 11.8 Å². The number of ketones is 1. The van der Waals surface area contributed by atoms with Crippen LogP contribution in [0.2, 0.25) is 0 Å². The number of Topliss-reactive ketones (excluding diaryl/α,β-unsaturated/α-hetero) is 1. The monoisotopic (exact) mass is 389 g/mol. The topological polar surface area (TPSA) is 65.1 Å². The lowest BCUT2D eigenvalue weighted by atomic mass is 9.96. The first-order valence-corrected chi connectivity index (χ1v) is 9.25. The van der Waals surface area contributed by atoms with Crippen molar-refractivity contribution in [3.8, 4) is 23.3 Å². The summed E-state index contributed by atoms with van der Waals surface area (Å²) in [4.78, 5) is 25.7. The predicted molar refractivity (Wildman–Crippen MR) is 100 cm³/mol. The Hall–Kier alpha value is -2.75. The number of methoxy groups -OCH3 is 1. The van der Waals surface area contributed by atoms with Crippen molar-refractivity contribution in [3.05, 3.63) is 23.0 Å². The number of likely N-dealkylation sites (tertiary alicyclic amines) is 1. The summed E-state index contributed by atoms with van der Waals surface area (Å²) >= 11 is 0. The molecule has 2 aliphatic heterocycles. The van der Waals surface area contributed by atoms with Crippen molar-refractivity contribution in [2.24, 2.45) is 5.92 Å². The van der Waals surface area contributed by atoms with Crippen molar-refractivity contribution < 1.29 is 28.2 Å². The van der Waals surface area contributed by atoms with Crippen molar-refractivity contribution >= 4 is 11.9 Å². The number of amides is 1. The molecule has 2 aliphatic rings. The highest BCUT2D eigenvalue weighted by molar-refractivity contribution is 6.03. The minimum Gasteiger partial charge on any atom is -0.492 e. The van der Waals surface area contributed by atoms with Crippen molar-refractivity contribution in [2.45, 2.75) is 39.2 Å². The van der Waals surface area contributed by atoms with Crippen molar-refractivity contribution in [2.75, 3.05) is 26.8 Å². The Morgan fingerprint density at radius 1 is 1.32 bits per heavy atom. The number of hydrogen-bond donors (Lipinski definition) is 0. The van der Waals surface area contributed by atoms with Gasteiger partial charge < -0.3 is 19.1 Å². The fraction of sp³-hybridized carbons (Fsp3) is 0.524. The molecule has 1 saturated heterocycles. The van der Waals surface area contributed by atoms with E-state index in [0.29, 0.717) is 25.9 Å². The molecular formula is C21H24FNO5. The lowest BCUT2D eigenvalue weighted by Gasteiger charge is -2.31. The van der Waals surface area contributed by atoms with Crippen molar-refractivity contribution in [3.63, 3.8) is 0 Å². The van der Waals surface area contributed by atoms with Crippen LogP contribution in [-0.2, 0) is 4.74 Å². The Morgan fingerprint density at radius 3 is 2.61 bits per heavy atom. The molecule has 0 saturated carbocycles. The second-order valence-electron chi connectivity index (χ2n) is 7.87. The standard InChI is InChI=1S/C21H24FNO5/c1-21(2,3)28-20(25)23-9-7-13(8-10-23)5-6-14-18-15(17(24)12-27-18)11-16(22)19(14)26-4/h11,13H,7-10,12H2,1-4H3. The molecule has 0 N–H and O–H groups in total. The number of hydrogen-bond acceptors (Lipinski definition) is 5. The van der Waals surface area contributed by atoms with Crippen LogP contribution in [0.1, 0.15) is 49.5 Å². The number of nitrogens with zero attached hydrogens (tertiary/aromatic N) is 1. The smallest absolute Gasteiger partial charge is 0.410 e. The van der Waals surface area contributed by atoms with Crippen molar-refractivity contribution in [1.82, 2.24) is 4.90 Å². The molecular weight excluding hydrogens is 365 g/mol. The molecule has 0 radical (unpaired) electrons. The van der Waals surface area contributed by atoms with E-state index in [4.69, 9.17) is 14.2 Å². The number of ether oxygens (including phenoxy) is 3. The zero-order chi connectivity index (χ0) is 20.5. The molecule has 1 aromatic rings. The summed E-state index contributed by atoms with van der Waals surface area (Å²) in [6.45, 7) is 6.47. The van der Waals surface area contributed by atoms with E-state index in [0.717, 1.165) is 6.07 Å². The van der Waals surface area contributed by atoms with Gasteiger partial charge in [-0.25, -0.2) is 9.18 Å². The molecule has 1 amide bonds. The highest BCUT2D eigenvalue weighted by Crippen LogP contribution is 2.37. The highest BCUT2D eigenvalue weighted by Gasteiger charge is 2.29. The van der Waals surface area contributed by atoms with Crippen molar-refractivity contribution in [1.29, 1.82) is 0 Å². The van der Waals surface area contributed by atoms with Crippen LogP contribution >= 0.6 is 0 Å². The minimum atomic E-state index is -0.635. The van der Waals surface area contributed by atoms with Gasteiger partial charge in [-0.3, -0.25) is 4.79 Å². The quantitative estimate of drug-likeness (QED) is 0.689. The summed E-state index contributed by atoms with van der Waals surface area (Å²) in [5.41, 5.74) is -0.0697. The lowest BCUT2D eigenvalue weighted by molar-refractivity contribution is 0.0199.